The van der Waals surface area contributed by atoms with E-state index in [4.69, 9.17) is 4.74 Å². The number of amides is 1. The Morgan fingerprint density at radius 3 is 2.61 bits per heavy atom. The summed E-state index contributed by atoms with van der Waals surface area (Å²) in [6, 6.07) is 4.02. The number of hydrogen-bond donors (Lipinski definition) is 1. The van der Waals surface area contributed by atoms with Crippen LogP contribution >= 0.6 is 0 Å². The Bertz CT molecular complexity index is 498. The normalized spacial score (nSPS) is 9.67. The molecular weight excluding hydrogens is 240 g/mol. The number of hydrogen-bond acceptors (Lipinski definition) is 5. The fourth-order valence-corrected chi connectivity index (χ4v) is 1.25. The molecule has 18 heavy (non-hydrogen) atoms. The van der Waals surface area contributed by atoms with Gasteiger partial charge in [0, 0.05) is 19.4 Å². The average Bonchev–Trinajstić information content (AvgIpc) is 2.30. The van der Waals surface area contributed by atoms with Gasteiger partial charge in [0.15, 0.2) is 0 Å². The molecule has 1 N–H and O–H groups in total. The number of esters is 1. The summed E-state index contributed by atoms with van der Waals surface area (Å²) in [7, 11) is 0. The minimum atomic E-state index is -0.677. The Kier molecular flexibility index (Phi) is 4.36. The fourth-order valence-electron chi connectivity index (χ4n) is 1.25. The van der Waals surface area contributed by atoms with Crippen LogP contribution in [-0.2, 0) is 9.59 Å². The summed E-state index contributed by atoms with van der Waals surface area (Å²) < 4.78 is 4.89. The first-order valence-corrected chi connectivity index (χ1v) is 5.21. The van der Waals surface area contributed by atoms with Crippen molar-refractivity contribution < 1.29 is 19.2 Å². The van der Waals surface area contributed by atoms with Gasteiger partial charge in [0.05, 0.1) is 10.6 Å². The predicted molar refractivity (Wildman–Crippen MR) is 63.3 cm³/mol. The van der Waals surface area contributed by atoms with Crippen LogP contribution in [0, 0.1) is 10.1 Å². The molecule has 0 heterocycles. The predicted octanol–water partition coefficient (Wildman–Crippen LogP) is 1.87. The molecule has 0 atom stereocenters. The second-order valence-electron chi connectivity index (χ2n) is 3.42. The number of anilines is 1. The van der Waals surface area contributed by atoms with Gasteiger partial charge in [-0.2, -0.15) is 0 Å². The number of nitrogens with zero attached hydrogens (tertiary/aromatic N) is 1. The molecule has 0 bridgehead atoms. The molecule has 1 aromatic carbocycles. The van der Waals surface area contributed by atoms with Gasteiger partial charge in [-0.05, 0) is 6.07 Å². The first kappa shape index (κ1) is 13.6. The van der Waals surface area contributed by atoms with Gasteiger partial charge in [-0.15, -0.1) is 0 Å². The number of nitro benzene ring substituents is 1. The Morgan fingerprint density at radius 1 is 1.44 bits per heavy atom. The summed E-state index contributed by atoms with van der Waals surface area (Å²) in [6.45, 7) is 2.82. The summed E-state index contributed by atoms with van der Waals surface area (Å²) >= 11 is 0. The van der Waals surface area contributed by atoms with Crippen molar-refractivity contribution in [2.75, 3.05) is 5.32 Å². The first-order chi connectivity index (χ1) is 8.45. The van der Waals surface area contributed by atoms with Crippen LogP contribution in [0.25, 0.3) is 0 Å². The van der Waals surface area contributed by atoms with E-state index in [0.29, 0.717) is 0 Å². The van der Waals surface area contributed by atoms with E-state index in [1.807, 2.05) is 0 Å². The summed E-state index contributed by atoms with van der Waals surface area (Å²) in [4.78, 5) is 32.4. The van der Waals surface area contributed by atoms with Crippen molar-refractivity contribution >= 4 is 23.3 Å². The molecule has 1 amide bonds. The standard InChI is InChI=1S/C11H12N2O5/c1-3-10(15)18-11-8(12-7(2)14)5-4-6-9(11)13(16)17/h4-6H,3H2,1-2H3,(H,12,14). The average molecular weight is 252 g/mol. The third-order valence-corrected chi connectivity index (χ3v) is 2.01. The zero-order valence-corrected chi connectivity index (χ0v) is 9.93. The van der Waals surface area contributed by atoms with Gasteiger partial charge < -0.3 is 10.1 Å². The summed E-state index contributed by atoms with van der Waals surface area (Å²) in [5.41, 5.74) is -0.276. The summed E-state index contributed by atoms with van der Waals surface area (Å²) in [6.07, 6.45) is 0.0750. The van der Waals surface area contributed by atoms with Crippen LogP contribution < -0.4 is 10.1 Å². The molecule has 0 aromatic heterocycles. The molecule has 0 aliphatic carbocycles. The van der Waals surface area contributed by atoms with Gasteiger partial charge in [-0.1, -0.05) is 13.0 Å². The minimum Gasteiger partial charge on any atom is -0.417 e. The molecule has 0 saturated carbocycles. The van der Waals surface area contributed by atoms with Crippen LogP contribution in [0.4, 0.5) is 11.4 Å². The second kappa shape index (κ2) is 5.76. The molecule has 0 aliphatic rings. The zero-order valence-electron chi connectivity index (χ0n) is 9.93. The summed E-state index contributed by atoms with van der Waals surface area (Å²) in [5, 5.41) is 13.2. The van der Waals surface area contributed by atoms with Crippen molar-refractivity contribution in [1.29, 1.82) is 0 Å². The van der Waals surface area contributed by atoms with Gasteiger partial charge in [-0.3, -0.25) is 19.7 Å². The highest BCUT2D eigenvalue weighted by Gasteiger charge is 2.21. The first-order valence-electron chi connectivity index (χ1n) is 5.21. The largest absolute Gasteiger partial charge is 0.417 e. The van der Waals surface area contributed by atoms with Crippen molar-refractivity contribution in [3.05, 3.63) is 28.3 Å². The Hall–Kier alpha value is -2.44. The number of rotatable bonds is 4. The molecule has 1 aromatic rings. The maximum atomic E-state index is 11.2. The topological polar surface area (TPSA) is 98.5 Å². The highest BCUT2D eigenvalue weighted by molar-refractivity contribution is 5.92. The molecule has 0 fully saturated rings. The van der Waals surface area contributed by atoms with Crippen molar-refractivity contribution in [1.82, 2.24) is 0 Å². The van der Waals surface area contributed by atoms with E-state index < -0.39 is 16.8 Å². The van der Waals surface area contributed by atoms with Gasteiger partial charge in [0.2, 0.25) is 11.7 Å². The van der Waals surface area contributed by atoms with Crippen LogP contribution in [0.1, 0.15) is 20.3 Å². The lowest BCUT2D eigenvalue weighted by Crippen LogP contribution is -2.12. The van der Waals surface area contributed by atoms with Crippen LogP contribution in [0.5, 0.6) is 5.75 Å². The van der Waals surface area contributed by atoms with Crippen LogP contribution in [0.3, 0.4) is 0 Å². The minimum absolute atomic E-state index is 0.0750. The molecule has 7 nitrogen and oxygen atoms in total. The number of ether oxygens (including phenoxy) is 1. The molecule has 0 spiro atoms. The number of nitro groups is 1. The maximum absolute atomic E-state index is 11.2. The number of benzene rings is 1. The Balaban J connectivity index is 3.24. The number of carbonyl (C=O) groups excluding carboxylic acids is 2. The molecule has 0 saturated heterocycles. The SMILES string of the molecule is CCC(=O)Oc1c(NC(C)=O)cccc1[N+](=O)[O-]. The molecule has 1 rings (SSSR count). The Labute approximate surface area is 103 Å². The number of nitrogens with one attached hydrogen (secondary N) is 1. The second-order valence-corrected chi connectivity index (χ2v) is 3.42. The molecule has 0 unspecified atom stereocenters. The van der Waals surface area contributed by atoms with Crippen molar-refractivity contribution in [3.63, 3.8) is 0 Å². The van der Waals surface area contributed by atoms with Crippen LogP contribution in [0.15, 0.2) is 18.2 Å². The monoisotopic (exact) mass is 252 g/mol. The van der Waals surface area contributed by atoms with Crippen molar-refractivity contribution in [3.8, 4) is 5.75 Å². The van der Waals surface area contributed by atoms with Gasteiger partial charge in [-0.25, -0.2) is 0 Å². The van der Waals surface area contributed by atoms with E-state index >= 15 is 0 Å². The molecule has 0 aliphatic heterocycles. The van der Waals surface area contributed by atoms with Gasteiger partial charge in [0.25, 0.3) is 0 Å². The molecule has 7 heteroatoms. The van der Waals surface area contributed by atoms with Gasteiger partial charge in [0.1, 0.15) is 0 Å². The zero-order chi connectivity index (χ0) is 13.7. The van der Waals surface area contributed by atoms with Crippen LogP contribution in [-0.4, -0.2) is 16.8 Å². The van der Waals surface area contributed by atoms with E-state index in [1.165, 1.54) is 25.1 Å². The molecular formula is C11H12N2O5. The number of carbonyl (C=O) groups is 2. The number of para-hydroxylation sites is 1. The highest BCUT2D eigenvalue weighted by atomic mass is 16.6. The molecule has 96 valence electrons. The lowest BCUT2D eigenvalue weighted by atomic mass is 10.2. The van der Waals surface area contributed by atoms with Crippen molar-refractivity contribution in [2.45, 2.75) is 20.3 Å². The maximum Gasteiger partial charge on any atom is 0.313 e. The van der Waals surface area contributed by atoms with Crippen molar-refractivity contribution in [2.24, 2.45) is 0 Å². The van der Waals surface area contributed by atoms with E-state index in [0.717, 1.165) is 0 Å². The Morgan fingerprint density at radius 2 is 2.11 bits per heavy atom. The fraction of sp³-hybridized carbons (Fsp3) is 0.273. The lowest BCUT2D eigenvalue weighted by Gasteiger charge is -2.09. The third-order valence-electron chi connectivity index (χ3n) is 2.01. The molecule has 0 radical (unpaired) electrons. The van der Waals surface area contributed by atoms with E-state index in [9.17, 15) is 19.7 Å². The quantitative estimate of drug-likeness (QED) is 0.381. The smallest absolute Gasteiger partial charge is 0.313 e. The highest BCUT2D eigenvalue weighted by Crippen LogP contribution is 2.35. The van der Waals surface area contributed by atoms with E-state index in [-0.39, 0.29) is 23.5 Å². The lowest BCUT2D eigenvalue weighted by molar-refractivity contribution is -0.385. The van der Waals surface area contributed by atoms with E-state index in [1.54, 1.807) is 6.92 Å². The summed E-state index contributed by atoms with van der Waals surface area (Å²) in [5.74, 6) is -1.27. The van der Waals surface area contributed by atoms with Crippen LogP contribution in [0.2, 0.25) is 0 Å². The van der Waals surface area contributed by atoms with E-state index in [2.05, 4.69) is 5.32 Å². The van der Waals surface area contributed by atoms with Gasteiger partial charge >= 0.3 is 11.7 Å². The third kappa shape index (κ3) is 3.27.